The van der Waals surface area contributed by atoms with E-state index in [-0.39, 0.29) is 0 Å². The number of hydrogen-bond acceptors (Lipinski definition) is 9. The van der Waals surface area contributed by atoms with Crippen molar-refractivity contribution in [3.05, 3.63) is 96.1 Å². The zero-order valence-electron chi connectivity index (χ0n) is 24.1. The lowest BCUT2D eigenvalue weighted by atomic mass is 10.2. The average Bonchev–Trinajstić information content (AvgIpc) is 3.03. The standard InChI is InChI=1S/C33H40N6O3/c1-2-16-37-32(6-1)33-20-26(11-17-38-33)25-42-30-9-7-29(8-10-30)40-18-5-19-41-31-21-27-23-35-14-3-12-34-13-4-15-36-24-28(22-31)39-27/h1-2,6-11,16-17,20-22,34-36H,3-5,12-15,18-19,23-25H2. The van der Waals surface area contributed by atoms with Gasteiger partial charge in [-0.3, -0.25) is 15.0 Å². The normalized spacial score (nSPS) is 14.5. The van der Waals surface area contributed by atoms with E-state index in [2.05, 4.69) is 25.9 Å². The predicted octanol–water partition coefficient (Wildman–Crippen LogP) is 4.53. The van der Waals surface area contributed by atoms with Gasteiger partial charge in [-0.05, 0) is 93.1 Å². The van der Waals surface area contributed by atoms with Crippen molar-refractivity contribution >= 4 is 0 Å². The summed E-state index contributed by atoms with van der Waals surface area (Å²) in [5.41, 5.74) is 4.72. The Kier molecular flexibility index (Phi) is 11.5. The van der Waals surface area contributed by atoms with E-state index in [4.69, 9.17) is 19.2 Å². The molecule has 0 spiro atoms. The van der Waals surface area contributed by atoms with Crippen LogP contribution >= 0.6 is 0 Å². The van der Waals surface area contributed by atoms with Crippen LogP contribution in [0, 0.1) is 0 Å². The third-order valence-corrected chi connectivity index (χ3v) is 6.74. The molecule has 4 aromatic rings. The van der Waals surface area contributed by atoms with Crippen molar-refractivity contribution in [2.24, 2.45) is 0 Å². The van der Waals surface area contributed by atoms with Crippen LogP contribution in [0.1, 0.15) is 36.2 Å². The zero-order chi connectivity index (χ0) is 28.7. The molecule has 5 rings (SSSR count). The lowest BCUT2D eigenvalue weighted by Gasteiger charge is -2.13. The predicted molar refractivity (Wildman–Crippen MR) is 164 cm³/mol. The van der Waals surface area contributed by atoms with Crippen molar-refractivity contribution < 1.29 is 14.2 Å². The highest BCUT2D eigenvalue weighted by molar-refractivity contribution is 5.54. The minimum absolute atomic E-state index is 0.446. The van der Waals surface area contributed by atoms with E-state index in [0.29, 0.717) is 19.8 Å². The maximum absolute atomic E-state index is 6.09. The molecule has 0 unspecified atom stereocenters. The van der Waals surface area contributed by atoms with E-state index >= 15 is 0 Å². The summed E-state index contributed by atoms with van der Waals surface area (Å²) in [6.45, 7) is 7.07. The van der Waals surface area contributed by atoms with Crippen LogP contribution < -0.4 is 30.2 Å². The summed E-state index contributed by atoms with van der Waals surface area (Å²) in [6, 6.07) is 21.5. The Bertz CT molecular complexity index is 1320. The molecule has 9 heteroatoms. The van der Waals surface area contributed by atoms with E-state index in [1.165, 1.54) is 0 Å². The largest absolute Gasteiger partial charge is 0.493 e. The number of rotatable bonds is 10. The molecule has 3 aromatic heterocycles. The van der Waals surface area contributed by atoms with Crippen molar-refractivity contribution in [2.45, 2.75) is 39.0 Å². The summed E-state index contributed by atoms with van der Waals surface area (Å²) in [5, 5.41) is 10.5. The number of hydrogen-bond donors (Lipinski definition) is 3. The second-order valence-electron chi connectivity index (χ2n) is 10.2. The monoisotopic (exact) mass is 568 g/mol. The second kappa shape index (κ2) is 16.4. The Morgan fingerprint density at radius 1 is 0.595 bits per heavy atom. The number of pyridine rings is 3. The fraction of sp³-hybridized carbons (Fsp3) is 0.364. The van der Waals surface area contributed by atoms with Crippen LogP contribution in [0.5, 0.6) is 17.2 Å². The Morgan fingerprint density at radius 3 is 1.93 bits per heavy atom. The Balaban J connectivity index is 1.04. The van der Waals surface area contributed by atoms with Gasteiger partial charge in [0.25, 0.3) is 0 Å². The Labute approximate surface area is 248 Å². The van der Waals surface area contributed by atoms with E-state index in [9.17, 15) is 0 Å². The molecular weight excluding hydrogens is 528 g/mol. The van der Waals surface area contributed by atoms with Gasteiger partial charge < -0.3 is 30.2 Å². The van der Waals surface area contributed by atoms with Crippen LogP contribution in [0.2, 0.25) is 0 Å². The van der Waals surface area contributed by atoms with Crippen LogP contribution in [0.25, 0.3) is 11.4 Å². The highest BCUT2D eigenvalue weighted by atomic mass is 16.5. The third-order valence-electron chi connectivity index (χ3n) is 6.74. The van der Waals surface area contributed by atoms with Crippen molar-refractivity contribution in [1.82, 2.24) is 30.9 Å². The fourth-order valence-corrected chi connectivity index (χ4v) is 4.57. The van der Waals surface area contributed by atoms with E-state index in [1.54, 1.807) is 12.4 Å². The molecule has 0 atom stereocenters. The molecule has 220 valence electrons. The van der Waals surface area contributed by atoms with E-state index < -0.39 is 0 Å². The lowest BCUT2D eigenvalue weighted by molar-refractivity contribution is 0.246. The zero-order valence-corrected chi connectivity index (χ0v) is 24.1. The molecule has 0 saturated carbocycles. The topological polar surface area (TPSA) is 102 Å². The molecule has 1 aliphatic heterocycles. The minimum atomic E-state index is 0.446. The molecule has 3 N–H and O–H groups in total. The molecule has 1 aromatic carbocycles. The smallest absolute Gasteiger partial charge is 0.123 e. The summed E-state index contributed by atoms with van der Waals surface area (Å²) in [5.74, 6) is 2.44. The molecule has 0 fully saturated rings. The number of nitrogens with one attached hydrogen (secondary N) is 3. The molecule has 0 saturated heterocycles. The van der Waals surface area contributed by atoms with Crippen LogP contribution in [0.4, 0.5) is 0 Å². The molecule has 0 radical (unpaired) electrons. The first-order valence-corrected chi connectivity index (χ1v) is 14.8. The van der Waals surface area contributed by atoms with E-state index in [1.807, 2.05) is 66.7 Å². The van der Waals surface area contributed by atoms with Gasteiger partial charge in [0, 0.05) is 44.0 Å². The van der Waals surface area contributed by atoms with Crippen LogP contribution in [0.3, 0.4) is 0 Å². The maximum Gasteiger partial charge on any atom is 0.123 e. The van der Waals surface area contributed by atoms with Gasteiger partial charge in [-0.1, -0.05) is 6.07 Å². The summed E-state index contributed by atoms with van der Waals surface area (Å²) >= 11 is 0. The number of benzene rings is 1. The summed E-state index contributed by atoms with van der Waals surface area (Å²) in [6.07, 6.45) is 6.53. The van der Waals surface area contributed by atoms with Crippen molar-refractivity contribution in [1.29, 1.82) is 0 Å². The quantitative estimate of drug-likeness (QED) is 0.238. The highest BCUT2D eigenvalue weighted by Gasteiger charge is 2.07. The van der Waals surface area contributed by atoms with Crippen LogP contribution in [-0.2, 0) is 19.7 Å². The van der Waals surface area contributed by atoms with Gasteiger partial charge in [-0.15, -0.1) is 0 Å². The molecule has 0 aliphatic carbocycles. The first kappa shape index (κ1) is 29.4. The summed E-state index contributed by atoms with van der Waals surface area (Å²) in [4.78, 5) is 13.6. The van der Waals surface area contributed by atoms with E-state index in [0.717, 1.165) is 104 Å². The average molecular weight is 569 g/mol. The first-order valence-electron chi connectivity index (χ1n) is 14.8. The van der Waals surface area contributed by atoms with Crippen molar-refractivity contribution in [3.8, 4) is 28.6 Å². The molecular formula is C33H40N6O3. The van der Waals surface area contributed by atoms with Crippen molar-refractivity contribution in [3.63, 3.8) is 0 Å². The van der Waals surface area contributed by atoms with Gasteiger partial charge in [-0.2, -0.15) is 0 Å². The van der Waals surface area contributed by atoms with Gasteiger partial charge in [0.1, 0.15) is 23.9 Å². The van der Waals surface area contributed by atoms with Gasteiger partial charge >= 0.3 is 0 Å². The third kappa shape index (κ3) is 9.80. The first-order chi connectivity index (χ1) is 20.8. The van der Waals surface area contributed by atoms with Crippen molar-refractivity contribution in [2.75, 3.05) is 39.4 Å². The molecule has 42 heavy (non-hydrogen) atoms. The van der Waals surface area contributed by atoms with Crippen LogP contribution in [0.15, 0.2) is 79.1 Å². The molecule has 1 aliphatic rings. The molecule has 9 nitrogen and oxygen atoms in total. The second-order valence-corrected chi connectivity index (χ2v) is 10.2. The highest BCUT2D eigenvalue weighted by Crippen LogP contribution is 2.21. The minimum Gasteiger partial charge on any atom is -0.493 e. The number of ether oxygens (including phenoxy) is 3. The van der Waals surface area contributed by atoms with Gasteiger partial charge in [-0.25, -0.2) is 0 Å². The van der Waals surface area contributed by atoms with Crippen LogP contribution in [-0.4, -0.2) is 54.3 Å². The maximum atomic E-state index is 6.09. The molecule has 0 amide bonds. The molecule has 2 bridgehead atoms. The number of fused-ring (bicyclic) bond motifs is 2. The fourth-order valence-electron chi connectivity index (χ4n) is 4.57. The Hall–Kier alpha value is -4.05. The number of nitrogens with zero attached hydrogens (tertiary/aromatic N) is 3. The Morgan fingerprint density at radius 2 is 1.24 bits per heavy atom. The summed E-state index contributed by atoms with van der Waals surface area (Å²) in [7, 11) is 0. The SMILES string of the molecule is c1ccc(-c2cc(COc3ccc(OCCCOc4cc5nc(c4)CNCCCNCCCNC5)cc3)ccn2)nc1. The van der Waals surface area contributed by atoms with Gasteiger partial charge in [0.2, 0.25) is 0 Å². The lowest BCUT2D eigenvalue weighted by Crippen LogP contribution is -2.26. The summed E-state index contributed by atoms with van der Waals surface area (Å²) < 4.78 is 18.0. The number of aromatic nitrogens is 3. The van der Waals surface area contributed by atoms with Gasteiger partial charge in [0.05, 0.1) is 36.0 Å². The molecule has 4 heterocycles. The van der Waals surface area contributed by atoms with Gasteiger partial charge in [0.15, 0.2) is 0 Å².